The number of sulfonamides is 1. The zero-order chi connectivity index (χ0) is 23.9. The van der Waals surface area contributed by atoms with Gasteiger partial charge < -0.3 is 4.90 Å². The molecule has 0 amide bonds. The molecule has 176 valence electrons. The van der Waals surface area contributed by atoms with Crippen LogP contribution in [-0.4, -0.2) is 45.0 Å². The maximum absolute atomic E-state index is 13.4. The molecule has 1 aromatic heterocycles. The van der Waals surface area contributed by atoms with Crippen LogP contribution in [0.3, 0.4) is 0 Å². The van der Waals surface area contributed by atoms with Crippen molar-refractivity contribution in [1.82, 2.24) is 9.71 Å². The molecule has 0 atom stereocenters. The number of sulfone groups is 1. The second-order valence-corrected chi connectivity index (χ2v) is 14.1. The van der Waals surface area contributed by atoms with E-state index in [2.05, 4.69) is 14.6 Å². The summed E-state index contributed by atoms with van der Waals surface area (Å²) in [6.07, 6.45) is 4.60. The van der Waals surface area contributed by atoms with Gasteiger partial charge in [-0.15, -0.1) is 0 Å². The number of pyridine rings is 1. The molecule has 0 radical (unpaired) electrons. The Balaban J connectivity index is 1.52. The third-order valence-corrected chi connectivity index (χ3v) is 11.9. The largest absolute Gasteiger partial charge is 0.371 e. The maximum atomic E-state index is 13.4. The molecule has 0 spiro atoms. The van der Waals surface area contributed by atoms with Gasteiger partial charge in [0.2, 0.25) is 10.0 Å². The van der Waals surface area contributed by atoms with Crippen LogP contribution in [0.25, 0.3) is 10.8 Å². The average Bonchev–Trinajstić information content (AvgIpc) is 2.79. The van der Waals surface area contributed by atoms with E-state index in [1.54, 1.807) is 36.7 Å². The zero-order valence-electron chi connectivity index (χ0n) is 18.4. The van der Waals surface area contributed by atoms with Gasteiger partial charge >= 0.3 is 0 Å². The zero-order valence-corrected chi connectivity index (χ0v) is 20.8. The van der Waals surface area contributed by atoms with Gasteiger partial charge in [0.25, 0.3) is 0 Å². The van der Waals surface area contributed by atoms with Crippen molar-refractivity contribution in [3.8, 4) is 0 Å². The van der Waals surface area contributed by atoms with Gasteiger partial charge in [-0.3, -0.25) is 4.98 Å². The second kappa shape index (κ2) is 8.87. The molecule has 0 unspecified atom stereocenters. The molecule has 4 rings (SSSR count). The summed E-state index contributed by atoms with van der Waals surface area (Å²) in [4.78, 5) is 6.14. The Kier molecular flexibility index (Phi) is 6.43. The molecule has 3 aromatic rings. The van der Waals surface area contributed by atoms with Gasteiger partial charge in [0, 0.05) is 42.2 Å². The number of piperidine rings is 1. The highest BCUT2D eigenvalue weighted by atomic mass is 35.5. The van der Waals surface area contributed by atoms with Gasteiger partial charge in [0.05, 0.1) is 4.90 Å². The predicted molar refractivity (Wildman–Crippen MR) is 132 cm³/mol. The molecule has 1 aliphatic rings. The van der Waals surface area contributed by atoms with Crippen LogP contribution in [0.2, 0.25) is 5.02 Å². The lowest BCUT2D eigenvalue weighted by Crippen LogP contribution is -2.53. The molecule has 1 aliphatic heterocycles. The SMILES string of the molecule is CC(C)(S(=O)(=O)NC1CCN(c2ccncc2)CC1)S(=O)(=O)c1ccc2cc(Cl)ccc2c1. The first-order valence-electron chi connectivity index (χ1n) is 10.6. The minimum Gasteiger partial charge on any atom is -0.371 e. The van der Waals surface area contributed by atoms with Crippen molar-refractivity contribution < 1.29 is 16.8 Å². The van der Waals surface area contributed by atoms with E-state index in [4.69, 9.17) is 11.6 Å². The monoisotopic (exact) mass is 507 g/mol. The summed E-state index contributed by atoms with van der Waals surface area (Å²) >= 11 is 6.01. The van der Waals surface area contributed by atoms with Crippen molar-refractivity contribution in [3.63, 3.8) is 0 Å². The number of halogens is 1. The maximum Gasteiger partial charge on any atom is 0.231 e. The van der Waals surface area contributed by atoms with Gasteiger partial charge in [-0.25, -0.2) is 21.6 Å². The Morgan fingerprint density at radius 3 is 2.21 bits per heavy atom. The summed E-state index contributed by atoms with van der Waals surface area (Å²) in [5.41, 5.74) is 1.03. The van der Waals surface area contributed by atoms with Crippen LogP contribution in [0.15, 0.2) is 65.8 Å². The van der Waals surface area contributed by atoms with Crippen molar-refractivity contribution in [2.24, 2.45) is 0 Å². The van der Waals surface area contributed by atoms with E-state index < -0.39 is 23.9 Å². The van der Waals surface area contributed by atoms with Gasteiger partial charge in [0.1, 0.15) is 0 Å². The van der Waals surface area contributed by atoms with Crippen molar-refractivity contribution in [1.29, 1.82) is 0 Å². The van der Waals surface area contributed by atoms with E-state index in [0.717, 1.165) is 11.1 Å². The molecule has 10 heteroatoms. The lowest BCUT2D eigenvalue weighted by Gasteiger charge is -2.35. The highest BCUT2D eigenvalue weighted by Gasteiger charge is 2.48. The summed E-state index contributed by atoms with van der Waals surface area (Å²) in [5, 5.41) is 1.99. The molecule has 0 saturated carbocycles. The molecule has 7 nitrogen and oxygen atoms in total. The van der Waals surface area contributed by atoms with Crippen LogP contribution < -0.4 is 9.62 Å². The minimum absolute atomic E-state index is 0.0415. The van der Waals surface area contributed by atoms with E-state index in [0.29, 0.717) is 36.3 Å². The van der Waals surface area contributed by atoms with Crippen LogP contribution in [0.1, 0.15) is 26.7 Å². The van der Waals surface area contributed by atoms with Gasteiger partial charge in [0.15, 0.2) is 13.9 Å². The van der Waals surface area contributed by atoms with E-state index in [-0.39, 0.29) is 10.9 Å². The summed E-state index contributed by atoms with van der Waals surface area (Å²) in [5.74, 6) is 0. The fourth-order valence-corrected chi connectivity index (χ4v) is 7.79. The summed E-state index contributed by atoms with van der Waals surface area (Å²) in [6.45, 7) is 3.81. The standard InChI is InChI=1S/C23H26ClN3O4S2/c1-23(2,32(28,29)22-6-4-17-15-19(24)5-3-18(17)16-22)33(30,31)26-20-9-13-27(14-10-20)21-7-11-25-12-8-21/h3-8,11-12,15-16,20,26H,9-10,13-14H2,1-2H3. The minimum atomic E-state index is -4.20. The number of anilines is 1. The molecular formula is C23H26ClN3O4S2. The Morgan fingerprint density at radius 2 is 1.55 bits per heavy atom. The first kappa shape index (κ1) is 23.9. The van der Waals surface area contributed by atoms with Gasteiger partial charge in [-0.1, -0.05) is 23.7 Å². The molecule has 1 fully saturated rings. The number of benzene rings is 2. The molecule has 1 N–H and O–H groups in total. The quantitative estimate of drug-likeness (QED) is 0.542. The molecule has 33 heavy (non-hydrogen) atoms. The van der Waals surface area contributed by atoms with E-state index >= 15 is 0 Å². The molecule has 2 aromatic carbocycles. The van der Waals surface area contributed by atoms with Crippen molar-refractivity contribution in [3.05, 3.63) is 65.9 Å². The van der Waals surface area contributed by atoms with Crippen molar-refractivity contribution in [2.45, 2.75) is 41.7 Å². The third kappa shape index (κ3) is 4.59. The summed E-state index contributed by atoms with van der Waals surface area (Å²) in [7, 11) is -8.40. The number of rotatable bonds is 6. The fraction of sp³-hybridized carbons (Fsp3) is 0.348. The van der Waals surface area contributed by atoms with Crippen LogP contribution in [-0.2, 0) is 19.9 Å². The topological polar surface area (TPSA) is 96.4 Å². The van der Waals surface area contributed by atoms with E-state index in [9.17, 15) is 16.8 Å². The Morgan fingerprint density at radius 1 is 0.939 bits per heavy atom. The van der Waals surface area contributed by atoms with E-state index in [1.807, 2.05) is 12.1 Å². The molecule has 2 heterocycles. The number of hydrogen-bond acceptors (Lipinski definition) is 6. The van der Waals surface area contributed by atoms with Crippen LogP contribution in [0, 0.1) is 0 Å². The first-order valence-corrected chi connectivity index (χ1v) is 14.0. The van der Waals surface area contributed by atoms with Crippen LogP contribution in [0.4, 0.5) is 5.69 Å². The average molecular weight is 508 g/mol. The number of nitrogens with one attached hydrogen (secondary N) is 1. The van der Waals surface area contributed by atoms with Crippen molar-refractivity contribution >= 4 is 47.9 Å². The molecule has 0 bridgehead atoms. The second-order valence-electron chi connectivity index (χ2n) is 8.64. The third-order valence-electron chi connectivity index (χ3n) is 6.22. The first-order chi connectivity index (χ1) is 15.5. The molecule has 1 saturated heterocycles. The van der Waals surface area contributed by atoms with Gasteiger partial charge in [-0.2, -0.15) is 0 Å². The number of aromatic nitrogens is 1. The lowest BCUT2D eigenvalue weighted by molar-refractivity contribution is 0.454. The van der Waals surface area contributed by atoms with Gasteiger partial charge in [-0.05, 0) is 73.9 Å². The number of fused-ring (bicyclic) bond motifs is 1. The summed E-state index contributed by atoms with van der Waals surface area (Å²) in [6, 6.07) is 13.2. The summed E-state index contributed by atoms with van der Waals surface area (Å²) < 4.78 is 54.0. The van der Waals surface area contributed by atoms with E-state index in [1.165, 1.54) is 26.0 Å². The highest BCUT2D eigenvalue weighted by Crippen LogP contribution is 2.33. The fourth-order valence-electron chi connectivity index (χ4n) is 3.96. The van der Waals surface area contributed by atoms with Crippen molar-refractivity contribution in [2.75, 3.05) is 18.0 Å². The Labute approximate surface area is 199 Å². The number of nitrogens with zero attached hydrogens (tertiary/aromatic N) is 2. The van der Waals surface area contributed by atoms with Crippen LogP contribution in [0.5, 0.6) is 0 Å². The Bertz CT molecular complexity index is 1370. The van der Waals surface area contributed by atoms with Crippen LogP contribution >= 0.6 is 11.6 Å². The molecular weight excluding hydrogens is 482 g/mol. The normalized spacial score (nSPS) is 16.3. The predicted octanol–water partition coefficient (Wildman–Crippen LogP) is 3.99. The molecule has 0 aliphatic carbocycles. The number of hydrogen-bond donors (Lipinski definition) is 1. The lowest BCUT2D eigenvalue weighted by atomic mass is 10.1. The smallest absolute Gasteiger partial charge is 0.231 e. The highest BCUT2D eigenvalue weighted by molar-refractivity contribution is 8.09. The Hall–Kier alpha value is -2.20.